The van der Waals surface area contributed by atoms with E-state index in [1.807, 2.05) is 4.90 Å². The van der Waals surface area contributed by atoms with Gasteiger partial charge >= 0.3 is 6.03 Å². The third kappa shape index (κ3) is 4.83. The monoisotopic (exact) mass is 311 g/mol. The van der Waals surface area contributed by atoms with Crippen molar-refractivity contribution in [2.45, 2.75) is 37.9 Å². The van der Waals surface area contributed by atoms with E-state index in [4.69, 9.17) is 9.47 Å². The van der Waals surface area contributed by atoms with Gasteiger partial charge in [-0.3, -0.25) is 0 Å². The summed E-state index contributed by atoms with van der Waals surface area (Å²) in [5, 5.41) is 3.05. The summed E-state index contributed by atoms with van der Waals surface area (Å²) in [4.78, 5) is 16.7. The molecule has 0 unspecified atom stereocenters. The van der Waals surface area contributed by atoms with Crippen molar-refractivity contribution in [1.82, 2.24) is 15.1 Å². The topological polar surface area (TPSA) is 54.0 Å². The minimum absolute atomic E-state index is 0.0410. The molecule has 1 aliphatic carbocycles. The molecule has 0 spiro atoms. The van der Waals surface area contributed by atoms with E-state index in [0.29, 0.717) is 19.0 Å². The van der Waals surface area contributed by atoms with Crippen LogP contribution in [0, 0.1) is 5.92 Å². The molecule has 2 saturated heterocycles. The average molecular weight is 311 g/mol. The molecule has 1 N–H and O–H groups in total. The number of rotatable bonds is 6. The fourth-order valence-corrected chi connectivity index (χ4v) is 3.19. The lowest BCUT2D eigenvalue weighted by atomic mass is 10.2. The molecular weight excluding hydrogens is 282 g/mol. The van der Waals surface area contributed by atoms with Crippen LogP contribution in [0.4, 0.5) is 4.79 Å². The number of likely N-dealkylation sites (N-methyl/N-ethyl adjacent to an activating group) is 1. The number of ether oxygens (including phenoxy) is 2. The first-order valence-corrected chi connectivity index (χ1v) is 8.65. The number of amides is 2. The Labute approximate surface area is 133 Å². The van der Waals surface area contributed by atoms with Crippen molar-refractivity contribution < 1.29 is 14.3 Å². The van der Waals surface area contributed by atoms with Crippen LogP contribution < -0.4 is 5.32 Å². The lowest BCUT2D eigenvalue weighted by molar-refractivity contribution is -0.0309. The summed E-state index contributed by atoms with van der Waals surface area (Å²) in [6, 6.07) is 0.0410. The first-order valence-electron chi connectivity index (χ1n) is 8.65. The van der Waals surface area contributed by atoms with Gasteiger partial charge in [0.05, 0.1) is 18.8 Å². The van der Waals surface area contributed by atoms with E-state index in [2.05, 4.69) is 17.3 Å². The van der Waals surface area contributed by atoms with Crippen LogP contribution in [0.25, 0.3) is 0 Å². The lowest BCUT2D eigenvalue weighted by Crippen LogP contribution is -2.51. The number of nitrogens with one attached hydrogen (secondary N) is 1. The molecule has 0 aromatic rings. The van der Waals surface area contributed by atoms with Crippen molar-refractivity contribution in [2.24, 2.45) is 5.92 Å². The van der Waals surface area contributed by atoms with Gasteiger partial charge in [-0.25, -0.2) is 4.79 Å². The third-order valence-corrected chi connectivity index (χ3v) is 4.73. The molecule has 2 amide bonds. The second-order valence-electron chi connectivity index (χ2n) is 6.92. The van der Waals surface area contributed by atoms with E-state index < -0.39 is 0 Å². The molecule has 3 fully saturated rings. The minimum atomic E-state index is 0.0410. The molecule has 0 radical (unpaired) electrons. The van der Waals surface area contributed by atoms with Crippen molar-refractivity contribution in [3.63, 3.8) is 0 Å². The first kappa shape index (κ1) is 16.0. The first-order chi connectivity index (χ1) is 10.7. The van der Waals surface area contributed by atoms with Crippen molar-refractivity contribution in [2.75, 3.05) is 53.0 Å². The summed E-state index contributed by atoms with van der Waals surface area (Å²) in [6.07, 6.45) is 4.99. The van der Waals surface area contributed by atoms with Crippen LogP contribution in [0.2, 0.25) is 0 Å². The Balaban J connectivity index is 1.47. The molecular formula is C16H29N3O3. The molecule has 0 aromatic heterocycles. The van der Waals surface area contributed by atoms with Crippen molar-refractivity contribution in [3.05, 3.63) is 0 Å². The van der Waals surface area contributed by atoms with Gasteiger partial charge in [0.25, 0.3) is 0 Å². The number of carbonyl (C=O) groups is 1. The van der Waals surface area contributed by atoms with E-state index in [-0.39, 0.29) is 18.2 Å². The predicted octanol–water partition coefficient (Wildman–Crippen LogP) is 0.918. The van der Waals surface area contributed by atoms with Gasteiger partial charge in [0.1, 0.15) is 0 Å². The van der Waals surface area contributed by atoms with Gasteiger partial charge < -0.3 is 24.6 Å². The van der Waals surface area contributed by atoms with E-state index >= 15 is 0 Å². The molecule has 126 valence electrons. The fraction of sp³-hybridized carbons (Fsp3) is 0.938. The predicted molar refractivity (Wildman–Crippen MR) is 83.9 cm³/mol. The van der Waals surface area contributed by atoms with Crippen molar-refractivity contribution in [1.29, 1.82) is 0 Å². The number of hydrogen-bond donors (Lipinski definition) is 1. The number of morpholine rings is 1. The van der Waals surface area contributed by atoms with Crippen LogP contribution in [0.1, 0.15) is 25.7 Å². The Kier molecular flexibility index (Phi) is 5.55. The number of nitrogens with zero attached hydrogens (tertiary/aromatic N) is 2. The normalized spacial score (nSPS) is 29.5. The summed E-state index contributed by atoms with van der Waals surface area (Å²) in [5.74, 6) is 0.690. The SMILES string of the molecule is CN1CCO[C@@H](CN(CC2CC2)C(=O)NC[C@H]2CCCO2)C1. The van der Waals surface area contributed by atoms with E-state index in [9.17, 15) is 4.79 Å². The Morgan fingerprint density at radius 3 is 2.68 bits per heavy atom. The fourth-order valence-electron chi connectivity index (χ4n) is 3.19. The number of urea groups is 1. The third-order valence-electron chi connectivity index (χ3n) is 4.73. The standard InChI is InChI=1S/C16H29N3O3/c1-18-6-8-22-15(11-18)12-19(10-13-4-5-13)16(20)17-9-14-3-2-7-21-14/h13-15H,2-12H2,1H3,(H,17,20)/t14-,15-/m1/s1. The van der Waals surface area contributed by atoms with Gasteiger partial charge in [-0.15, -0.1) is 0 Å². The molecule has 0 bridgehead atoms. The van der Waals surface area contributed by atoms with Crippen molar-refractivity contribution in [3.8, 4) is 0 Å². The molecule has 0 aromatic carbocycles. The van der Waals surface area contributed by atoms with Crippen LogP contribution in [0.15, 0.2) is 0 Å². The van der Waals surface area contributed by atoms with Crippen LogP contribution in [0.3, 0.4) is 0 Å². The smallest absolute Gasteiger partial charge is 0.317 e. The molecule has 6 heteroatoms. The van der Waals surface area contributed by atoms with Crippen molar-refractivity contribution >= 4 is 6.03 Å². The van der Waals surface area contributed by atoms with Crippen LogP contribution >= 0.6 is 0 Å². The highest BCUT2D eigenvalue weighted by Gasteiger charge is 2.30. The lowest BCUT2D eigenvalue weighted by Gasteiger charge is -2.34. The largest absolute Gasteiger partial charge is 0.376 e. The summed E-state index contributed by atoms with van der Waals surface area (Å²) >= 11 is 0. The van der Waals surface area contributed by atoms with Gasteiger partial charge in [-0.1, -0.05) is 0 Å². The highest BCUT2D eigenvalue weighted by molar-refractivity contribution is 5.74. The summed E-state index contributed by atoms with van der Waals surface area (Å²) in [5.41, 5.74) is 0. The van der Waals surface area contributed by atoms with E-state index in [0.717, 1.165) is 45.7 Å². The highest BCUT2D eigenvalue weighted by atomic mass is 16.5. The van der Waals surface area contributed by atoms with Gasteiger partial charge in [-0.2, -0.15) is 0 Å². The highest BCUT2D eigenvalue weighted by Crippen LogP contribution is 2.30. The molecule has 22 heavy (non-hydrogen) atoms. The molecule has 3 aliphatic rings. The van der Waals surface area contributed by atoms with E-state index in [1.165, 1.54) is 12.8 Å². The molecule has 2 aliphatic heterocycles. The maximum absolute atomic E-state index is 12.5. The maximum Gasteiger partial charge on any atom is 0.317 e. The van der Waals surface area contributed by atoms with E-state index in [1.54, 1.807) is 0 Å². The Hall–Kier alpha value is -0.850. The molecule has 2 atom stereocenters. The summed E-state index contributed by atoms with van der Waals surface area (Å²) in [6.45, 7) is 5.65. The van der Waals surface area contributed by atoms with Gasteiger partial charge in [0.15, 0.2) is 0 Å². The van der Waals surface area contributed by atoms with Crippen LogP contribution in [0.5, 0.6) is 0 Å². The zero-order valence-corrected chi connectivity index (χ0v) is 13.6. The summed E-state index contributed by atoms with van der Waals surface area (Å²) in [7, 11) is 2.11. The molecule has 2 heterocycles. The zero-order valence-electron chi connectivity index (χ0n) is 13.6. The van der Waals surface area contributed by atoms with Gasteiger partial charge in [-0.05, 0) is 38.6 Å². The summed E-state index contributed by atoms with van der Waals surface area (Å²) < 4.78 is 11.4. The second kappa shape index (κ2) is 7.62. The average Bonchev–Trinajstić information content (AvgIpc) is 3.16. The Morgan fingerprint density at radius 2 is 2.00 bits per heavy atom. The van der Waals surface area contributed by atoms with Gasteiger partial charge in [0.2, 0.25) is 0 Å². The molecule has 6 nitrogen and oxygen atoms in total. The minimum Gasteiger partial charge on any atom is -0.376 e. The van der Waals surface area contributed by atoms with Crippen LogP contribution in [-0.4, -0.2) is 81.0 Å². The van der Waals surface area contributed by atoms with Crippen LogP contribution in [-0.2, 0) is 9.47 Å². The maximum atomic E-state index is 12.5. The Morgan fingerprint density at radius 1 is 1.18 bits per heavy atom. The number of hydrogen-bond acceptors (Lipinski definition) is 4. The zero-order chi connectivity index (χ0) is 15.4. The molecule has 1 saturated carbocycles. The Bertz CT molecular complexity index is 370. The van der Waals surface area contributed by atoms with Gasteiger partial charge in [0, 0.05) is 39.3 Å². The number of carbonyl (C=O) groups excluding carboxylic acids is 1. The molecule has 3 rings (SSSR count). The second-order valence-corrected chi connectivity index (χ2v) is 6.92. The quantitative estimate of drug-likeness (QED) is 0.792.